The second-order valence-electron chi connectivity index (χ2n) is 8.46. The highest BCUT2D eigenvalue weighted by Gasteiger charge is 2.40. The fourth-order valence-electron chi connectivity index (χ4n) is 3.53. The lowest BCUT2D eigenvalue weighted by Crippen LogP contribution is -2.43. The molecule has 0 aromatic carbocycles. The summed E-state index contributed by atoms with van der Waals surface area (Å²) in [5.41, 5.74) is 1.30. The summed E-state index contributed by atoms with van der Waals surface area (Å²) in [6.07, 6.45) is -2.87. The van der Waals surface area contributed by atoms with Crippen LogP contribution in [0.3, 0.4) is 0 Å². The summed E-state index contributed by atoms with van der Waals surface area (Å²) in [5.74, 6) is -5.52. The summed E-state index contributed by atoms with van der Waals surface area (Å²) < 4.78 is 75.2. The van der Waals surface area contributed by atoms with Crippen LogP contribution in [0.4, 0.5) is 26.3 Å². The van der Waals surface area contributed by atoms with Crippen molar-refractivity contribution >= 4 is 17.8 Å². The number of likely N-dealkylation sites (N-methyl/N-ethyl adjacent to an activating group) is 1. The highest BCUT2D eigenvalue weighted by Crippen LogP contribution is 2.32. The van der Waals surface area contributed by atoms with E-state index < -0.39 is 24.3 Å². The predicted molar refractivity (Wildman–Crippen MR) is 118 cm³/mol. The normalized spacial score (nSPS) is 21.2. The Balaban J connectivity index is 0.000000426. The molecule has 1 aromatic heterocycles. The fourth-order valence-corrected chi connectivity index (χ4v) is 3.53. The smallest absolute Gasteiger partial charge is 0.475 e. The Morgan fingerprint density at radius 3 is 2.03 bits per heavy atom. The number of amides is 1. The van der Waals surface area contributed by atoms with Gasteiger partial charge >= 0.3 is 24.3 Å². The van der Waals surface area contributed by atoms with E-state index in [0.29, 0.717) is 18.8 Å². The molecule has 3 rings (SSSR count). The van der Waals surface area contributed by atoms with Gasteiger partial charge in [-0.05, 0) is 37.0 Å². The van der Waals surface area contributed by atoms with Crippen LogP contribution in [0.2, 0.25) is 0 Å². The molecule has 3 heterocycles. The fraction of sp³-hybridized carbons (Fsp3) is 0.636. The highest BCUT2D eigenvalue weighted by molar-refractivity contribution is 5.76. The molecule has 16 heteroatoms. The third-order valence-electron chi connectivity index (χ3n) is 5.40. The van der Waals surface area contributed by atoms with Crippen LogP contribution in [-0.4, -0.2) is 107 Å². The summed E-state index contributed by atoms with van der Waals surface area (Å²) in [7, 11) is 3.48. The van der Waals surface area contributed by atoms with Crippen LogP contribution in [0.1, 0.15) is 24.8 Å². The number of carboxylic acid groups (broad SMARTS) is 2. The van der Waals surface area contributed by atoms with Gasteiger partial charge in [0.1, 0.15) is 6.61 Å². The van der Waals surface area contributed by atoms with Crippen molar-refractivity contribution < 1.29 is 60.4 Å². The Morgan fingerprint density at radius 1 is 1.03 bits per heavy atom. The lowest BCUT2D eigenvalue weighted by Gasteiger charge is -2.36. The van der Waals surface area contributed by atoms with Crippen LogP contribution in [0.25, 0.3) is 0 Å². The SMILES string of the molecule is CN(C)C(=O)COCC1CC[C@H]2[C@H](CCN2Cc2ccncc2)O1.O=C(O)C(F)(F)F.O=C(O)C(F)(F)F. The van der Waals surface area contributed by atoms with E-state index >= 15 is 0 Å². The first-order valence-corrected chi connectivity index (χ1v) is 11.2. The molecule has 1 unspecified atom stereocenters. The lowest BCUT2D eigenvalue weighted by molar-refractivity contribution is -0.193. The van der Waals surface area contributed by atoms with E-state index in [2.05, 4.69) is 22.0 Å². The van der Waals surface area contributed by atoms with Gasteiger partial charge in [0, 0.05) is 45.6 Å². The minimum atomic E-state index is -5.08. The summed E-state index contributed by atoms with van der Waals surface area (Å²) in [5, 5.41) is 14.2. The molecular weight excluding hydrogens is 532 g/mol. The Morgan fingerprint density at radius 2 is 1.55 bits per heavy atom. The summed E-state index contributed by atoms with van der Waals surface area (Å²) in [6, 6.07) is 4.66. The van der Waals surface area contributed by atoms with Crippen molar-refractivity contribution in [1.82, 2.24) is 14.8 Å². The number of fused-ring (bicyclic) bond motifs is 1. The number of likely N-dealkylation sites (tertiary alicyclic amines) is 1. The summed E-state index contributed by atoms with van der Waals surface area (Å²) in [4.78, 5) is 37.5. The van der Waals surface area contributed by atoms with Crippen molar-refractivity contribution in [3.05, 3.63) is 30.1 Å². The standard InChI is InChI=1S/C18H27N3O3.2C2HF3O2/c1-20(2)18(22)13-23-12-15-3-4-16-17(24-15)7-10-21(16)11-14-5-8-19-9-6-14;2*3-2(4,5)1(6)7/h5-6,8-9,15-17H,3-4,7,10-13H2,1-2H3;2*(H,6,7)/t15?,16-,17-;;/m0../s1. The summed E-state index contributed by atoms with van der Waals surface area (Å²) >= 11 is 0. The largest absolute Gasteiger partial charge is 0.490 e. The number of halogens is 6. The van der Waals surface area contributed by atoms with E-state index in [1.165, 1.54) is 5.56 Å². The van der Waals surface area contributed by atoms with Gasteiger partial charge in [0.15, 0.2) is 0 Å². The molecule has 2 N–H and O–H groups in total. The van der Waals surface area contributed by atoms with Gasteiger partial charge in [-0.15, -0.1) is 0 Å². The molecule has 0 aliphatic carbocycles. The van der Waals surface area contributed by atoms with Gasteiger partial charge in [-0.25, -0.2) is 9.59 Å². The quantitative estimate of drug-likeness (QED) is 0.504. The van der Waals surface area contributed by atoms with Crippen molar-refractivity contribution in [2.24, 2.45) is 0 Å². The van der Waals surface area contributed by atoms with E-state index in [-0.39, 0.29) is 18.6 Å². The number of hydrogen-bond acceptors (Lipinski definition) is 7. The molecule has 2 fully saturated rings. The number of ether oxygens (including phenoxy) is 2. The number of aromatic nitrogens is 1. The second kappa shape index (κ2) is 14.8. The Hall–Kier alpha value is -2.98. The molecule has 0 bridgehead atoms. The van der Waals surface area contributed by atoms with Crippen LogP contribution in [0.5, 0.6) is 0 Å². The van der Waals surface area contributed by atoms with Gasteiger partial charge in [-0.2, -0.15) is 26.3 Å². The van der Waals surface area contributed by atoms with E-state index in [1.807, 2.05) is 12.4 Å². The van der Waals surface area contributed by atoms with Gasteiger partial charge in [-0.1, -0.05) is 0 Å². The molecule has 0 spiro atoms. The van der Waals surface area contributed by atoms with Crippen LogP contribution < -0.4 is 0 Å². The average Bonchev–Trinajstić information content (AvgIpc) is 3.21. The lowest BCUT2D eigenvalue weighted by atomic mass is 9.99. The molecule has 2 saturated heterocycles. The molecular formula is C22H29F6N3O7. The zero-order valence-electron chi connectivity index (χ0n) is 20.5. The maximum atomic E-state index is 11.5. The van der Waals surface area contributed by atoms with Crippen molar-refractivity contribution in [3.8, 4) is 0 Å². The van der Waals surface area contributed by atoms with Gasteiger partial charge in [-0.3, -0.25) is 14.7 Å². The maximum Gasteiger partial charge on any atom is 0.490 e. The molecule has 10 nitrogen and oxygen atoms in total. The van der Waals surface area contributed by atoms with E-state index in [9.17, 15) is 31.1 Å². The maximum absolute atomic E-state index is 11.5. The third kappa shape index (κ3) is 12.0. The van der Waals surface area contributed by atoms with Gasteiger partial charge in [0.2, 0.25) is 5.91 Å². The molecule has 1 amide bonds. The first-order valence-electron chi connectivity index (χ1n) is 11.2. The zero-order valence-corrected chi connectivity index (χ0v) is 20.5. The minimum Gasteiger partial charge on any atom is -0.475 e. The van der Waals surface area contributed by atoms with E-state index in [0.717, 1.165) is 32.4 Å². The van der Waals surface area contributed by atoms with Crippen molar-refractivity contribution in [2.45, 2.75) is 56.4 Å². The first kappa shape index (κ1) is 33.0. The van der Waals surface area contributed by atoms with Crippen molar-refractivity contribution in [3.63, 3.8) is 0 Å². The Labute approximate surface area is 214 Å². The van der Waals surface area contributed by atoms with Crippen LogP contribution >= 0.6 is 0 Å². The topological polar surface area (TPSA) is 130 Å². The van der Waals surface area contributed by atoms with Gasteiger partial charge < -0.3 is 24.6 Å². The number of carbonyl (C=O) groups is 3. The molecule has 3 atom stereocenters. The Bertz CT molecular complexity index is 876. The third-order valence-corrected chi connectivity index (χ3v) is 5.40. The number of carboxylic acids is 2. The minimum absolute atomic E-state index is 0.00641. The number of nitrogens with zero attached hydrogens (tertiary/aromatic N) is 3. The number of pyridine rings is 1. The molecule has 0 radical (unpaired) electrons. The molecule has 2 aliphatic rings. The Kier molecular flexibility index (Phi) is 12.9. The number of aliphatic carboxylic acids is 2. The molecule has 216 valence electrons. The van der Waals surface area contributed by atoms with Crippen molar-refractivity contribution in [1.29, 1.82) is 0 Å². The number of hydrogen-bond donors (Lipinski definition) is 2. The zero-order chi connectivity index (χ0) is 29.1. The molecule has 2 aliphatic heterocycles. The number of carbonyl (C=O) groups excluding carboxylic acids is 1. The van der Waals surface area contributed by atoms with Crippen LogP contribution in [-0.2, 0) is 30.4 Å². The predicted octanol–water partition coefficient (Wildman–Crippen LogP) is 2.57. The van der Waals surface area contributed by atoms with E-state index in [1.54, 1.807) is 19.0 Å². The average molecular weight is 561 g/mol. The molecule has 38 heavy (non-hydrogen) atoms. The van der Waals surface area contributed by atoms with Crippen LogP contribution in [0.15, 0.2) is 24.5 Å². The van der Waals surface area contributed by atoms with E-state index in [4.69, 9.17) is 29.3 Å². The van der Waals surface area contributed by atoms with Gasteiger partial charge in [0.05, 0.1) is 18.8 Å². The monoisotopic (exact) mass is 561 g/mol. The number of rotatable bonds is 6. The highest BCUT2D eigenvalue weighted by atomic mass is 19.4. The van der Waals surface area contributed by atoms with Crippen molar-refractivity contribution in [2.75, 3.05) is 33.9 Å². The first-order chi connectivity index (χ1) is 17.5. The second-order valence-corrected chi connectivity index (χ2v) is 8.46. The van der Waals surface area contributed by atoms with Gasteiger partial charge in [0.25, 0.3) is 0 Å². The molecule has 1 aromatic rings. The summed E-state index contributed by atoms with van der Waals surface area (Å²) in [6.45, 7) is 2.68. The molecule has 0 saturated carbocycles. The number of alkyl halides is 6. The van der Waals surface area contributed by atoms with Crippen LogP contribution in [0, 0.1) is 0 Å².